The molecule has 0 aromatic rings. The zero-order chi connectivity index (χ0) is 12.5. The lowest BCUT2D eigenvalue weighted by Gasteiger charge is -2.34. The van der Waals surface area contributed by atoms with Crippen molar-refractivity contribution in [2.45, 2.75) is 39.3 Å². The van der Waals surface area contributed by atoms with E-state index in [9.17, 15) is 14.4 Å². The fraction of sp³-hybridized carbons (Fsp3) is 0.700. The Hall–Kier alpha value is -1.59. The van der Waals surface area contributed by atoms with E-state index in [1.165, 1.54) is 4.90 Å². The minimum absolute atomic E-state index is 0.0885. The molecule has 1 atom stereocenters. The Labute approximate surface area is 94.4 Å². The van der Waals surface area contributed by atoms with Crippen LogP contribution in [0.2, 0.25) is 0 Å². The largest absolute Gasteiger partial charge is 0.333 e. The number of amides is 4. The number of carbonyl (C=O) groups is 3. The molecule has 1 unspecified atom stereocenters. The minimum Gasteiger partial charge on any atom is -0.333 e. The number of rotatable bonds is 0. The smallest absolute Gasteiger partial charge is 0.318 e. The second kappa shape index (κ2) is 4.11. The molecule has 0 aliphatic carbocycles. The van der Waals surface area contributed by atoms with Crippen LogP contribution >= 0.6 is 0 Å². The molecule has 0 aromatic carbocycles. The molecule has 6 nitrogen and oxygen atoms in total. The first-order chi connectivity index (χ1) is 7.20. The summed E-state index contributed by atoms with van der Waals surface area (Å²) in [6.45, 7) is 7.00. The van der Waals surface area contributed by atoms with Crippen molar-refractivity contribution >= 4 is 17.8 Å². The summed E-state index contributed by atoms with van der Waals surface area (Å²) in [5.41, 5.74) is -0.395. The van der Waals surface area contributed by atoms with Gasteiger partial charge in [0.05, 0.1) is 0 Å². The third kappa shape index (κ3) is 2.95. The van der Waals surface area contributed by atoms with E-state index in [4.69, 9.17) is 0 Å². The molecule has 1 fully saturated rings. The zero-order valence-electron chi connectivity index (χ0n) is 9.96. The van der Waals surface area contributed by atoms with Crippen LogP contribution in [-0.4, -0.2) is 40.9 Å². The second-order valence-corrected chi connectivity index (χ2v) is 4.90. The molecule has 0 spiro atoms. The Morgan fingerprint density at radius 2 is 2.00 bits per heavy atom. The molecule has 0 radical (unpaired) electrons. The SMILES string of the molecule is CC1C(=O)NC(=O)CN1C(=O)NC(C)(C)C. The Morgan fingerprint density at radius 3 is 2.50 bits per heavy atom. The summed E-state index contributed by atoms with van der Waals surface area (Å²) in [5.74, 6) is -0.896. The molecule has 6 heteroatoms. The first kappa shape index (κ1) is 12.5. The van der Waals surface area contributed by atoms with E-state index in [0.29, 0.717) is 0 Å². The van der Waals surface area contributed by atoms with Crippen molar-refractivity contribution in [3.8, 4) is 0 Å². The summed E-state index contributed by atoms with van der Waals surface area (Å²) in [4.78, 5) is 35.5. The van der Waals surface area contributed by atoms with E-state index in [-0.39, 0.29) is 6.54 Å². The summed E-state index contributed by atoms with van der Waals surface area (Å²) < 4.78 is 0. The maximum absolute atomic E-state index is 11.8. The quantitative estimate of drug-likeness (QED) is 0.564. The van der Waals surface area contributed by atoms with Crippen LogP contribution in [-0.2, 0) is 9.59 Å². The van der Waals surface area contributed by atoms with E-state index >= 15 is 0 Å². The van der Waals surface area contributed by atoms with Crippen molar-refractivity contribution in [1.29, 1.82) is 0 Å². The first-order valence-corrected chi connectivity index (χ1v) is 5.13. The number of piperazine rings is 1. The Balaban J connectivity index is 2.74. The fourth-order valence-electron chi connectivity index (χ4n) is 1.35. The number of urea groups is 1. The highest BCUT2D eigenvalue weighted by Gasteiger charge is 2.34. The second-order valence-electron chi connectivity index (χ2n) is 4.90. The average Bonchev–Trinajstić information content (AvgIpc) is 2.08. The Morgan fingerprint density at radius 1 is 1.44 bits per heavy atom. The van der Waals surface area contributed by atoms with E-state index in [1.807, 2.05) is 20.8 Å². The van der Waals surface area contributed by atoms with Gasteiger partial charge in [0.1, 0.15) is 12.6 Å². The van der Waals surface area contributed by atoms with Crippen LogP contribution in [0.3, 0.4) is 0 Å². The lowest BCUT2D eigenvalue weighted by atomic mass is 10.1. The van der Waals surface area contributed by atoms with Crippen LogP contribution in [0.1, 0.15) is 27.7 Å². The highest BCUT2D eigenvalue weighted by atomic mass is 16.2. The molecule has 2 N–H and O–H groups in total. The highest BCUT2D eigenvalue weighted by molar-refractivity contribution is 6.03. The molecule has 0 aromatic heterocycles. The Bertz CT molecular complexity index is 333. The van der Waals surface area contributed by atoms with Gasteiger partial charge in [-0.3, -0.25) is 14.9 Å². The number of hydrogen-bond acceptors (Lipinski definition) is 3. The van der Waals surface area contributed by atoms with Gasteiger partial charge in [0.2, 0.25) is 11.8 Å². The van der Waals surface area contributed by atoms with Crippen molar-refractivity contribution in [1.82, 2.24) is 15.5 Å². The topological polar surface area (TPSA) is 78.5 Å². The average molecular weight is 227 g/mol. The molecule has 1 rings (SSSR count). The maximum atomic E-state index is 11.8. The zero-order valence-corrected chi connectivity index (χ0v) is 9.96. The van der Waals surface area contributed by atoms with E-state index < -0.39 is 29.4 Å². The predicted molar refractivity (Wildman–Crippen MR) is 57.6 cm³/mol. The highest BCUT2D eigenvalue weighted by Crippen LogP contribution is 2.07. The molecule has 90 valence electrons. The summed E-state index contributed by atoms with van der Waals surface area (Å²) >= 11 is 0. The van der Waals surface area contributed by atoms with Gasteiger partial charge in [-0.05, 0) is 27.7 Å². The third-order valence-corrected chi connectivity index (χ3v) is 2.17. The molecule has 1 aliphatic rings. The lowest BCUT2D eigenvalue weighted by Crippen LogP contribution is -2.62. The van der Waals surface area contributed by atoms with E-state index in [2.05, 4.69) is 10.6 Å². The molecule has 0 bridgehead atoms. The van der Waals surface area contributed by atoms with Gasteiger partial charge in [-0.2, -0.15) is 0 Å². The summed E-state index contributed by atoms with van der Waals surface area (Å²) in [6.07, 6.45) is 0. The predicted octanol–water partition coefficient (Wildman–Crippen LogP) is -0.159. The van der Waals surface area contributed by atoms with Crippen LogP contribution in [0.25, 0.3) is 0 Å². The monoisotopic (exact) mass is 227 g/mol. The van der Waals surface area contributed by atoms with Gasteiger partial charge in [-0.25, -0.2) is 4.79 Å². The number of imide groups is 1. The summed E-state index contributed by atoms with van der Waals surface area (Å²) in [6, 6.07) is -1.02. The van der Waals surface area contributed by atoms with Crippen molar-refractivity contribution in [3.63, 3.8) is 0 Å². The van der Waals surface area contributed by atoms with Crippen LogP contribution < -0.4 is 10.6 Å². The molecular formula is C10H17N3O3. The first-order valence-electron chi connectivity index (χ1n) is 5.13. The minimum atomic E-state index is -0.625. The summed E-state index contributed by atoms with van der Waals surface area (Å²) in [7, 11) is 0. The number of nitrogens with one attached hydrogen (secondary N) is 2. The van der Waals surface area contributed by atoms with Gasteiger partial charge >= 0.3 is 6.03 Å². The molecule has 4 amide bonds. The molecular weight excluding hydrogens is 210 g/mol. The van der Waals surface area contributed by atoms with Gasteiger partial charge in [-0.1, -0.05) is 0 Å². The maximum Gasteiger partial charge on any atom is 0.318 e. The van der Waals surface area contributed by atoms with E-state index in [1.54, 1.807) is 6.92 Å². The van der Waals surface area contributed by atoms with Crippen molar-refractivity contribution < 1.29 is 14.4 Å². The molecule has 16 heavy (non-hydrogen) atoms. The molecule has 1 saturated heterocycles. The number of hydrogen-bond donors (Lipinski definition) is 2. The van der Waals surface area contributed by atoms with Crippen molar-refractivity contribution in [3.05, 3.63) is 0 Å². The normalized spacial score (nSPS) is 21.8. The van der Waals surface area contributed by atoms with E-state index in [0.717, 1.165) is 0 Å². The molecule has 1 aliphatic heterocycles. The number of nitrogens with zero attached hydrogens (tertiary/aromatic N) is 1. The van der Waals surface area contributed by atoms with Gasteiger partial charge in [0, 0.05) is 5.54 Å². The summed E-state index contributed by atoms with van der Waals surface area (Å²) in [5, 5.41) is 4.89. The van der Waals surface area contributed by atoms with Crippen molar-refractivity contribution in [2.24, 2.45) is 0 Å². The standard InChI is InChI=1S/C10H17N3O3/c1-6-8(15)11-7(14)5-13(6)9(16)12-10(2,3)4/h6H,5H2,1-4H3,(H,12,16)(H,11,14,15). The van der Waals surface area contributed by atoms with Crippen LogP contribution in [0.15, 0.2) is 0 Å². The van der Waals surface area contributed by atoms with Crippen LogP contribution in [0.5, 0.6) is 0 Å². The molecule has 0 saturated carbocycles. The lowest BCUT2D eigenvalue weighted by molar-refractivity contribution is -0.137. The van der Waals surface area contributed by atoms with Gasteiger partial charge in [-0.15, -0.1) is 0 Å². The number of carbonyl (C=O) groups excluding carboxylic acids is 3. The van der Waals surface area contributed by atoms with Crippen LogP contribution in [0, 0.1) is 0 Å². The van der Waals surface area contributed by atoms with Gasteiger partial charge in [0.15, 0.2) is 0 Å². The third-order valence-electron chi connectivity index (χ3n) is 2.17. The van der Waals surface area contributed by atoms with Crippen molar-refractivity contribution in [2.75, 3.05) is 6.54 Å². The molecule has 1 heterocycles. The Kier molecular flexibility index (Phi) is 3.21. The van der Waals surface area contributed by atoms with Gasteiger partial charge < -0.3 is 10.2 Å². The van der Waals surface area contributed by atoms with Gasteiger partial charge in [0.25, 0.3) is 0 Å². The van der Waals surface area contributed by atoms with Crippen LogP contribution in [0.4, 0.5) is 4.79 Å². The fourth-order valence-corrected chi connectivity index (χ4v) is 1.35.